The number of nitrogens with zero attached hydrogens (tertiary/aromatic N) is 3. The van der Waals surface area contributed by atoms with Gasteiger partial charge in [-0.1, -0.05) is 5.16 Å². The van der Waals surface area contributed by atoms with Crippen LogP contribution in [-0.4, -0.2) is 34.0 Å². The number of anilines is 2. The topological polar surface area (TPSA) is 119 Å². The van der Waals surface area contributed by atoms with Crippen molar-refractivity contribution >= 4 is 23.3 Å². The summed E-state index contributed by atoms with van der Waals surface area (Å²) in [6.07, 6.45) is 1.37. The smallest absolute Gasteiger partial charge is 0.236 e. The highest BCUT2D eigenvalue weighted by atomic mass is 16.5. The SMILES string of the molecule is COc1ccc(-c2noc(CC(=O)Nc3ccc(NC(C)=O)nc3)n2)cc1. The molecule has 0 bridgehead atoms. The number of hydrogen-bond donors (Lipinski definition) is 2. The van der Waals surface area contributed by atoms with Crippen LogP contribution in [0.25, 0.3) is 11.4 Å². The van der Waals surface area contributed by atoms with Gasteiger partial charge in [0.2, 0.25) is 23.5 Å². The molecule has 138 valence electrons. The van der Waals surface area contributed by atoms with Gasteiger partial charge in [-0.25, -0.2) is 4.98 Å². The van der Waals surface area contributed by atoms with E-state index < -0.39 is 0 Å². The number of carbonyl (C=O) groups is 2. The fourth-order valence-electron chi connectivity index (χ4n) is 2.25. The number of amides is 2. The van der Waals surface area contributed by atoms with Crippen molar-refractivity contribution in [2.45, 2.75) is 13.3 Å². The molecule has 0 fully saturated rings. The molecule has 0 spiro atoms. The molecular formula is C18H17N5O4. The van der Waals surface area contributed by atoms with Gasteiger partial charge in [0.15, 0.2) is 0 Å². The van der Waals surface area contributed by atoms with Gasteiger partial charge in [0.05, 0.1) is 19.0 Å². The number of methoxy groups -OCH3 is 1. The maximum atomic E-state index is 12.1. The molecule has 3 aromatic rings. The highest BCUT2D eigenvalue weighted by Gasteiger charge is 2.13. The van der Waals surface area contributed by atoms with E-state index in [0.29, 0.717) is 17.3 Å². The van der Waals surface area contributed by atoms with E-state index in [9.17, 15) is 9.59 Å². The quantitative estimate of drug-likeness (QED) is 0.686. The molecule has 2 amide bonds. The van der Waals surface area contributed by atoms with Crippen LogP contribution in [0.1, 0.15) is 12.8 Å². The lowest BCUT2D eigenvalue weighted by atomic mass is 10.2. The Labute approximate surface area is 154 Å². The summed E-state index contributed by atoms with van der Waals surface area (Å²) in [7, 11) is 1.59. The number of rotatable bonds is 6. The van der Waals surface area contributed by atoms with E-state index in [1.54, 1.807) is 43.5 Å². The van der Waals surface area contributed by atoms with Crippen molar-refractivity contribution in [3.63, 3.8) is 0 Å². The fraction of sp³-hybridized carbons (Fsp3) is 0.167. The summed E-state index contributed by atoms with van der Waals surface area (Å²) in [5.74, 6) is 1.17. The maximum absolute atomic E-state index is 12.1. The summed E-state index contributed by atoms with van der Waals surface area (Å²) in [5, 5.41) is 9.11. The van der Waals surface area contributed by atoms with Gasteiger partial charge in [-0.2, -0.15) is 4.98 Å². The first-order chi connectivity index (χ1) is 13.0. The first-order valence-corrected chi connectivity index (χ1v) is 8.04. The molecule has 9 nitrogen and oxygen atoms in total. The lowest BCUT2D eigenvalue weighted by molar-refractivity contribution is -0.116. The minimum absolute atomic E-state index is 0.0728. The average molecular weight is 367 g/mol. The van der Waals surface area contributed by atoms with Crippen LogP contribution in [0.2, 0.25) is 0 Å². The molecule has 0 aliphatic rings. The molecule has 1 aromatic carbocycles. The van der Waals surface area contributed by atoms with Crippen LogP contribution in [0.5, 0.6) is 5.75 Å². The number of carbonyl (C=O) groups excluding carboxylic acids is 2. The average Bonchev–Trinajstić information content (AvgIpc) is 3.11. The molecule has 2 N–H and O–H groups in total. The van der Waals surface area contributed by atoms with Crippen LogP contribution >= 0.6 is 0 Å². The third-order valence-corrected chi connectivity index (χ3v) is 3.48. The van der Waals surface area contributed by atoms with Crippen molar-refractivity contribution in [1.82, 2.24) is 15.1 Å². The van der Waals surface area contributed by atoms with E-state index >= 15 is 0 Å². The molecule has 0 radical (unpaired) electrons. The van der Waals surface area contributed by atoms with Gasteiger partial charge in [0.25, 0.3) is 0 Å². The van der Waals surface area contributed by atoms with Crippen molar-refractivity contribution < 1.29 is 18.8 Å². The van der Waals surface area contributed by atoms with Crippen LogP contribution in [0.3, 0.4) is 0 Å². The summed E-state index contributed by atoms with van der Waals surface area (Å²) in [6.45, 7) is 1.39. The molecule has 0 saturated carbocycles. The Hall–Kier alpha value is -3.75. The van der Waals surface area contributed by atoms with E-state index in [1.165, 1.54) is 13.1 Å². The van der Waals surface area contributed by atoms with Crippen molar-refractivity contribution in [3.05, 3.63) is 48.5 Å². The Morgan fingerprint density at radius 1 is 1.11 bits per heavy atom. The standard InChI is InChI=1S/C18H17N5O4/c1-11(24)20-15-8-5-13(10-19-15)21-16(25)9-17-22-18(23-27-17)12-3-6-14(26-2)7-4-12/h3-8,10H,9H2,1-2H3,(H,21,25)(H,19,20,24). The maximum Gasteiger partial charge on any atom is 0.236 e. The monoisotopic (exact) mass is 367 g/mol. The summed E-state index contributed by atoms with van der Waals surface area (Å²) in [6, 6.07) is 10.4. The molecule has 0 atom stereocenters. The molecule has 0 aliphatic heterocycles. The minimum atomic E-state index is -0.325. The molecule has 2 aromatic heterocycles. The second-order valence-corrected chi connectivity index (χ2v) is 5.58. The van der Waals surface area contributed by atoms with Crippen molar-refractivity contribution in [3.8, 4) is 17.1 Å². The van der Waals surface area contributed by atoms with Gasteiger partial charge in [0.1, 0.15) is 18.0 Å². The Kier molecular flexibility index (Phi) is 5.41. The van der Waals surface area contributed by atoms with Gasteiger partial charge in [-0.15, -0.1) is 0 Å². The number of aromatic nitrogens is 3. The molecule has 9 heteroatoms. The summed E-state index contributed by atoms with van der Waals surface area (Å²) in [4.78, 5) is 31.3. The van der Waals surface area contributed by atoms with E-state index in [1.807, 2.05) is 0 Å². The Balaban J connectivity index is 1.59. The van der Waals surface area contributed by atoms with Crippen LogP contribution in [0.4, 0.5) is 11.5 Å². The van der Waals surface area contributed by atoms with Crippen LogP contribution in [0, 0.1) is 0 Å². The molecule has 0 unspecified atom stereocenters. The first kappa shape index (κ1) is 18.1. The second-order valence-electron chi connectivity index (χ2n) is 5.58. The van der Waals surface area contributed by atoms with E-state index in [2.05, 4.69) is 25.8 Å². The third-order valence-electron chi connectivity index (χ3n) is 3.48. The van der Waals surface area contributed by atoms with E-state index in [-0.39, 0.29) is 24.1 Å². The zero-order chi connectivity index (χ0) is 19.2. The second kappa shape index (κ2) is 8.09. The Morgan fingerprint density at radius 3 is 2.52 bits per heavy atom. The number of hydrogen-bond acceptors (Lipinski definition) is 7. The number of pyridine rings is 1. The van der Waals surface area contributed by atoms with Crippen LogP contribution in [0.15, 0.2) is 47.1 Å². The van der Waals surface area contributed by atoms with Gasteiger partial charge in [-0.3, -0.25) is 9.59 Å². The third kappa shape index (κ3) is 4.88. The normalized spacial score (nSPS) is 10.3. The van der Waals surface area contributed by atoms with Gasteiger partial charge in [-0.05, 0) is 36.4 Å². The molecule has 2 heterocycles. The lowest BCUT2D eigenvalue weighted by Crippen LogP contribution is -2.15. The van der Waals surface area contributed by atoms with Gasteiger partial charge >= 0.3 is 0 Å². The Bertz CT molecular complexity index is 935. The molecule has 3 rings (SSSR count). The lowest BCUT2D eigenvalue weighted by Gasteiger charge is -2.05. The van der Waals surface area contributed by atoms with Crippen molar-refractivity contribution in [1.29, 1.82) is 0 Å². The van der Waals surface area contributed by atoms with Crippen LogP contribution in [-0.2, 0) is 16.0 Å². The zero-order valence-electron chi connectivity index (χ0n) is 14.7. The number of ether oxygens (including phenoxy) is 1. The molecular weight excluding hydrogens is 350 g/mol. The predicted molar refractivity (Wildman–Crippen MR) is 97.2 cm³/mol. The summed E-state index contributed by atoms with van der Waals surface area (Å²) >= 11 is 0. The summed E-state index contributed by atoms with van der Waals surface area (Å²) in [5.41, 5.74) is 1.24. The molecule has 27 heavy (non-hydrogen) atoms. The number of benzene rings is 1. The van der Waals surface area contributed by atoms with E-state index in [0.717, 1.165) is 11.3 Å². The van der Waals surface area contributed by atoms with E-state index in [4.69, 9.17) is 9.26 Å². The van der Waals surface area contributed by atoms with Gasteiger partial charge < -0.3 is 19.9 Å². The predicted octanol–water partition coefficient (Wildman–Crippen LogP) is 2.28. The number of nitrogens with one attached hydrogen (secondary N) is 2. The van der Waals surface area contributed by atoms with Crippen molar-refractivity contribution in [2.24, 2.45) is 0 Å². The highest BCUT2D eigenvalue weighted by Crippen LogP contribution is 2.20. The van der Waals surface area contributed by atoms with Gasteiger partial charge in [0, 0.05) is 12.5 Å². The summed E-state index contributed by atoms with van der Waals surface area (Å²) < 4.78 is 10.2. The van der Waals surface area contributed by atoms with Crippen LogP contribution < -0.4 is 15.4 Å². The fourth-order valence-corrected chi connectivity index (χ4v) is 2.25. The highest BCUT2D eigenvalue weighted by molar-refractivity contribution is 5.92. The van der Waals surface area contributed by atoms with Crippen molar-refractivity contribution in [2.75, 3.05) is 17.7 Å². The Morgan fingerprint density at radius 2 is 1.89 bits per heavy atom. The molecule has 0 saturated heterocycles. The largest absolute Gasteiger partial charge is 0.497 e. The minimum Gasteiger partial charge on any atom is -0.497 e. The molecule has 0 aliphatic carbocycles. The first-order valence-electron chi connectivity index (χ1n) is 8.04. The zero-order valence-corrected chi connectivity index (χ0v) is 14.7.